The highest BCUT2D eigenvalue weighted by molar-refractivity contribution is 5.83. The molecule has 0 spiro atoms. The number of carbonyl (C=O) groups is 1. The van der Waals surface area contributed by atoms with Crippen LogP contribution in [0.4, 0.5) is 5.69 Å². The summed E-state index contributed by atoms with van der Waals surface area (Å²) in [6, 6.07) is 4.93. The average Bonchev–Trinajstić information content (AvgIpc) is 2.30. The number of phenols is 1. The number of hydrogen-bond acceptors (Lipinski definition) is 2. The number of rotatable bonds is 7. The molecule has 2 N–H and O–H groups in total. The fourth-order valence-electron chi connectivity index (χ4n) is 1.75. The normalized spacial score (nSPS) is 9.94. The van der Waals surface area contributed by atoms with Crippen LogP contribution < -0.4 is 5.32 Å². The molecule has 0 aliphatic rings. The Balaban J connectivity index is 2.80. The summed E-state index contributed by atoms with van der Waals surface area (Å²) in [6.07, 6.45) is 4.95. The van der Waals surface area contributed by atoms with Crippen LogP contribution in [0.3, 0.4) is 0 Å². The predicted molar refractivity (Wildman–Crippen MR) is 71.0 cm³/mol. The van der Waals surface area contributed by atoms with Gasteiger partial charge in [-0.1, -0.05) is 26.3 Å². The largest absolute Gasteiger partial charge is 0.508 e. The lowest BCUT2D eigenvalue weighted by molar-refractivity contribution is -0.105. The molecule has 1 rings (SSSR count). The number of allylic oxidation sites excluding steroid dienone is 1. The molecule has 0 bridgehead atoms. The highest BCUT2D eigenvalue weighted by Gasteiger charge is 2.06. The van der Waals surface area contributed by atoms with E-state index in [1.165, 1.54) is 18.9 Å². The van der Waals surface area contributed by atoms with E-state index in [1.54, 1.807) is 12.1 Å². The minimum Gasteiger partial charge on any atom is -0.508 e. The molecule has 0 atom stereocenters. The average molecular weight is 233 g/mol. The van der Waals surface area contributed by atoms with Gasteiger partial charge in [-0.3, -0.25) is 4.79 Å². The molecule has 0 aliphatic carbocycles. The summed E-state index contributed by atoms with van der Waals surface area (Å²) in [5, 5.41) is 12.0. The molecular weight excluding hydrogens is 214 g/mol. The van der Waals surface area contributed by atoms with Gasteiger partial charge in [0.15, 0.2) is 0 Å². The number of benzene rings is 1. The van der Waals surface area contributed by atoms with E-state index in [4.69, 9.17) is 0 Å². The van der Waals surface area contributed by atoms with Crippen molar-refractivity contribution in [3.8, 4) is 5.75 Å². The van der Waals surface area contributed by atoms with Gasteiger partial charge < -0.3 is 10.4 Å². The van der Waals surface area contributed by atoms with Crippen molar-refractivity contribution >= 4 is 17.7 Å². The van der Waals surface area contributed by atoms with E-state index in [0.29, 0.717) is 12.1 Å². The molecule has 1 aromatic carbocycles. The van der Waals surface area contributed by atoms with E-state index in [1.807, 2.05) is 0 Å². The number of unbranched alkanes of at least 4 members (excludes halogenated alkanes) is 2. The molecule has 0 fully saturated rings. The second kappa shape index (κ2) is 6.74. The van der Waals surface area contributed by atoms with Crippen LogP contribution in [0, 0.1) is 0 Å². The number of anilines is 1. The second-order valence-electron chi connectivity index (χ2n) is 4.05. The minimum absolute atomic E-state index is 0.138. The van der Waals surface area contributed by atoms with Crippen LogP contribution >= 0.6 is 0 Å². The molecule has 0 heterocycles. The van der Waals surface area contributed by atoms with Gasteiger partial charge in [0, 0.05) is 11.6 Å². The van der Waals surface area contributed by atoms with Crippen molar-refractivity contribution in [3.05, 3.63) is 30.3 Å². The summed E-state index contributed by atoms with van der Waals surface area (Å²) >= 11 is 0. The van der Waals surface area contributed by atoms with E-state index in [2.05, 4.69) is 18.8 Å². The van der Waals surface area contributed by atoms with Gasteiger partial charge in [0.1, 0.15) is 5.75 Å². The third kappa shape index (κ3) is 3.94. The zero-order valence-electron chi connectivity index (χ0n) is 10.2. The molecular formula is C14H19NO2. The summed E-state index contributed by atoms with van der Waals surface area (Å²) < 4.78 is 0. The van der Waals surface area contributed by atoms with Crippen molar-refractivity contribution in [2.75, 3.05) is 5.32 Å². The van der Waals surface area contributed by atoms with Gasteiger partial charge >= 0.3 is 0 Å². The molecule has 92 valence electrons. The van der Waals surface area contributed by atoms with Crippen LogP contribution in [0.5, 0.6) is 5.75 Å². The SMILES string of the molecule is C=C(CCCCC)c1ccc(O)cc1NC=O. The summed E-state index contributed by atoms with van der Waals surface area (Å²) in [5.74, 6) is 0.138. The zero-order chi connectivity index (χ0) is 12.7. The molecule has 3 heteroatoms. The van der Waals surface area contributed by atoms with Crippen LogP contribution in [-0.4, -0.2) is 11.5 Å². The summed E-state index contributed by atoms with van der Waals surface area (Å²) in [4.78, 5) is 10.5. The van der Waals surface area contributed by atoms with E-state index >= 15 is 0 Å². The Hall–Kier alpha value is -1.77. The number of nitrogens with one attached hydrogen (secondary N) is 1. The highest BCUT2D eigenvalue weighted by Crippen LogP contribution is 2.29. The fraction of sp³-hybridized carbons (Fsp3) is 0.357. The maximum absolute atomic E-state index is 10.5. The molecule has 1 aromatic rings. The molecule has 0 saturated heterocycles. The van der Waals surface area contributed by atoms with Crippen LogP contribution in [0.2, 0.25) is 0 Å². The summed E-state index contributed by atoms with van der Waals surface area (Å²) in [6.45, 7) is 6.19. The highest BCUT2D eigenvalue weighted by atomic mass is 16.3. The van der Waals surface area contributed by atoms with Crippen molar-refractivity contribution in [1.82, 2.24) is 0 Å². The smallest absolute Gasteiger partial charge is 0.211 e. The topological polar surface area (TPSA) is 49.3 Å². The number of carbonyl (C=O) groups excluding carboxylic acids is 1. The van der Waals surface area contributed by atoms with Crippen LogP contribution in [-0.2, 0) is 4.79 Å². The number of phenolic OH excluding ortho intramolecular Hbond substituents is 1. The lowest BCUT2D eigenvalue weighted by atomic mass is 9.99. The van der Waals surface area contributed by atoms with E-state index in [-0.39, 0.29) is 5.75 Å². The first-order valence-electron chi connectivity index (χ1n) is 5.90. The minimum atomic E-state index is 0.138. The molecule has 0 unspecified atom stereocenters. The van der Waals surface area contributed by atoms with Crippen LogP contribution in [0.1, 0.15) is 38.2 Å². The third-order valence-corrected chi connectivity index (χ3v) is 2.68. The Morgan fingerprint density at radius 3 is 2.88 bits per heavy atom. The predicted octanol–water partition coefficient (Wildman–Crippen LogP) is 3.55. The molecule has 0 saturated carbocycles. The first-order valence-corrected chi connectivity index (χ1v) is 5.90. The molecule has 3 nitrogen and oxygen atoms in total. The summed E-state index contributed by atoms with van der Waals surface area (Å²) in [5.41, 5.74) is 2.50. The standard InChI is InChI=1S/C14H19NO2/c1-3-4-5-6-11(2)13-8-7-12(17)9-14(13)15-10-16/h7-10,17H,2-6H2,1H3,(H,15,16). The fourth-order valence-corrected chi connectivity index (χ4v) is 1.75. The van der Waals surface area contributed by atoms with Crippen molar-refractivity contribution in [1.29, 1.82) is 0 Å². The third-order valence-electron chi connectivity index (χ3n) is 2.68. The molecule has 1 amide bonds. The Morgan fingerprint density at radius 2 is 2.24 bits per heavy atom. The monoisotopic (exact) mass is 233 g/mol. The quantitative estimate of drug-likeness (QED) is 0.559. The van der Waals surface area contributed by atoms with E-state index in [9.17, 15) is 9.90 Å². The Kier molecular flexibility index (Phi) is 5.27. The Labute approximate surface area is 102 Å². The van der Waals surface area contributed by atoms with Gasteiger partial charge in [0.2, 0.25) is 6.41 Å². The Morgan fingerprint density at radius 1 is 1.47 bits per heavy atom. The van der Waals surface area contributed by atoms with Crippen LogP contribution in [0.25, 0.3) is 5.57 Å². The lowest BCUT2D eigenvalue weighted by Gasteiger charge is -2.11. The van der Waals surface area contributed by atoms with Gasteiger partial charge in [-0.2, -0.15) is 0 Å². The van der Waals surface area contributed by atoms with Gasteiger partial charge in [-0.05, 0) is 30.5 Å². The van der Waals surface area contributed by atoms with E-state index in [0.717, 1.165) is 24.0 Å². The van der Waals surface area contributed by atoms with Gasteiger partial charge in [0.25, 0.3) is 0 Å². The first kappa shape index (κ1) is 13.3. The lowest BCUT2D eigenvalue weighted by Crippen LogP contribution is -1.98. The van der Waals surface area contributed by atoms with Crippen molar-refractivity contribution < 1.29 is 9.90 Å². The maximum atomic E-state index is 10.5. The van der Waals surface area contributed by atoms with Crippen molar-refractivity contribution in [3.63, 3.8) is 0 Å². The molecule has 0 radical (unpaired) electrons. The van der Waals surface area contributed by atoms with Gasteiger partial charge in [0.05, 0.1) is 5.69 Å². The van der Waals surface area contributed by atoms with E-state index < -0.39 is 0 Å². The van der Waals surface area contributed by atoms with Gasteiger partial charge in [-0.25, -0.2) is 0 Å². The molecule has 0 aliphatic heterocycles. The summed E-state index contributed by atoms with van der Waals surface area (Å²) in [7, 11) is 0. The van der Waals surface area contributed by atoms with Crippen molar-refractivity contribution in [2.24, 2.45) is 0 Å². The van der Waals surface area contributed by atoms with Gasteiger partial charge in [-0.15, -0.1) is 0 Å². The van der Waals surface area contributed by atoms with Crippen LogP contribution in [0.15, 0.2) is 24.8 Å². The Bertz CT molecular complexity index is 399. The second-order valence-corrected chi connectivity index (χ2v) is 4.05. The first-order chi connectivity index (χ1) is 8.19. The maximum Gasteiger partial charge on any atom is 0.211 e. The zero-order valence-corrected chi connectivity index (χ0v) is 10.2. The number of aromatic hydroxyl groups is 1. The molecule has 0 aromatic heterocycles. The number of hydrogen-bond donors (Lipinski definition) is 2. The molecule has 17 heavy (non-hydrogen) atoms. The number of amides is 1. The van der Waals surface area contributed by atoms with Crippen molar-refractivity contribution in [2.45, 2.75) is 32.6 Å².